The summed E-state index contributed by atoms with van der Waals surface area (Å²) in [5.41, 5.74) is 6.28. The smallest absolute Gasteiger partial charge is 0.241 e. The van der Waals surface area contributed by atoms with E-state index in [-0.39, 0.29) is 18.4 Å². The van der Waals surface area contributed by atoms with Crippen molar-refractivity contribution >= 4 is 29.3 Å². The average Bonchev–Trinajstić information content (AvgIpc) is 2.82. The van der Waals surface area contributed by atoms with E-state index in [2.05, 4.69) is 15.7 Å². The molecule has 0 aliphatic carbocycles. The third kappa shape index (κ3) is 5.31. The third-order valence-electron chi connectivity index (χ3n) is 2.45. The maximum atomic E-state index is 11.7. The van der Waals surface area contributed by atoms with Crippen LogP contribution in [-0.4, -0.2) is 46.7 Å². The maximum absolute atomic E-state index is 11.7. The number of anilines is 1. The molecular weight excluding hydrogens is 266 g/mol. The Hall–Kier alpha value is -1.54. The lowest BCUT2D eigenvalue weighted by atomic mass is 10.2. The van der Waals surface area contributed by atoms with Crippen LogP contribution in [0, 0.1) is 0 Å². The number of amides is 2. The second-order valence-corrected chi connectivity index (χ2v) is 4.96. The zero-order chi connectivity index (χ0) is 14.3. The number of rotatable bonds is 7. The number of hydrogen-bond acceptors (Lipinski definition) is 5. The highest BCUT2D eigenvalue weighted by molar-refractivity contribution is 7.98. The van der Waals surface area contributed by atoms with Gasteiger partial charge in [0.15, 0.2) is 0 Å². The van der Waals surface area contributed by atoms with Gasteiger partial charge in [0.05, 0.1) is 17.9 Å². The Morgan fingerprint density at radius 3 is 2.95 bits per heavy atom. The van der Waals surface area contributed by atoms with Crippen LogP contribution in [0.25, 0.3) is 0 Å². The molecule has 2 amide bonds. The average molecular weight is 285 g/mol. The van der Waals surface area contributed by atoms with Gasteiger partial charge < -0.3 is 16.4 Å². The summed E-state index contributed by atoms with van der Waals surface area (Å²) in [6.45, 7) is 0.116. The van der Waals surface area contributed by atoms with Crippen LogP contribution in [-0.2, 0) is 16.1 Å². The summed E-state index contributed by atoms with van der Waals surface area (Å²) in [4.78, 5) is 22.9. The molecule has 0 unspecified atom stereocenters. The highest BCUT2D eigenvalue weighted by Gasteiger charge is 2.14. The topological polar surface area (TPSA) is 102 Å². The normalized spacial score (nSPS) is 11.9. The van der Waals surface area contributed by atoms with Gasteiger partial charge in [-0.15, -0.1) is 0 Å². The molecule has 8 heteroatoms. The highest BCUT2D eigenvalue weighted by Crippen LogP contribution is 2.07. The number of carbonyl (C=O) groups excluding carboxylic acids is 2. The second kappa shape index (κ2) is 7.80. The van der Waals surface area contributed by atoms with E-state index in [1.807, 2.05) is 6.26 Å². The SMILES string of the molecule is CNC(=O)Cn1cc(NC(=O)[C@@H](N)CCSC)cn1. The molecule has 4 N–H and O–H groups in total. The summed E-state index contributed by atoms with van der Waals surface area (Å²) < 4.78 is 1.45. The van der Waals surface area contributed by atoms with Gasteiger partial charge in [-0.25, -0.2) is 0 Å². The van der Waals surface area contributed by atoms with Gasteiger partial charge in [-0.05, 0) is 18.4 Å². The van der Waals surface area contributed by atoms with Crippen LogP contribution >= 0.6 is 11.8 Å². The molecule has 7 nitrogen and oxygen atoms in total. The largest absolute Gasteiger partial charge is 0.358 e. The van der Waals surface area contributed by atoms with Crippen LogP contribution in [0.4, 0.5) is 5.69 Å². The molecule has 0 saturated carbocycles. The number of likely N-dealkylation sites (N-methyl/N-ethyl adjacent to an activating group) is 1. The molecule has 0 aromatic carbocycles. The number of aromatic nitrogens is 2. The molecule has 0 aliphatic heterocycles. The van der Waals surface area contributed by atoms with Crippen molar-refractivity contribution in [2.24, 2.45) is 5.73 Å². The van der Waals surface area contributed by atoms with Crippen LogP contribution in [0.15, 0.2) is 12.4 Å². The van der Waals surface area contributed by atoms with Crippen molar-refractivity contribution in [3.8, 4) is 0 Å². The Morgan fingerprint density at radius 2 is 2.32 bits per heavy atom. The molecule has 0 aliphatic rings. The fraction of sp³-hybridized carbons (Fsp3) is 0.545. The Balaban J connectivity index is 2.48. The first-order valence-corrected chi connectivity index (χ1v) is 7.24. The first kappa shape index (κ1) is 15.5. The Bertz CT molecular complexity index is 434. The van der Waals surface area contributed by atoms with E-state index in [1.165, 1.54) is 10.9 Å². The Morgan fingerprint density at radius 1 is 1.58 bits per heavy atom. The lowest BCUT2D eigenvalue weighted by molar-refractivity contribution is -0.121. The fourth-order valence-electron chi connectivity index (χ4n) is 1.35. The van der Waals surface area contributed by atoms with Gasteiger partial charge in [0, 0.05) is 13.2 Å². The minimum Gasteiger partial charge on any atom is -0.358 e. The molecule has 1 rings (SSSR count). The third-order valence-corrected chi connectivity index (χ3v) is 3.10. The summed E-state index contributed by atoms with van der Waals surface area (Å²) in [6.07, 6.45) is 5.67. The van der Waals surface area contributed by atoms with Crippen molar-refractivity contribution in [2.75, 3.05) is 24.4 Å². The van der Waals surface area contributed by atoms with E-state index in [0.29, 0.717) is 12.1 Å². The van der Waals surface area contributed by atoms with Crippen LogP contribution in [0.2, 0.25) is 0 Å². The molecule has 0 bridgehead atoms. The molecule has 1 atom stereocenters. The van der Waals surface area contributed by atoms with Crippen molar-refractivity contribution in [2.45, 2.75) is 19.0 Å². The zero-order valence-electron chi connectivity index (χ0n) is 11.0. The van der Waals surface area contributed by atoms with Crippen molar-refractivity contribution in [1.29, 1.82) is 0 Å². The Kier molecular flexibility index (Phi) is 6.37. The maximum Gasteiger partial charge on any atom is 0.241 e. The lowest BCUT2D eigenvalue weighted by Crippen LogP contribution is -2.36. The van der Waals surface area contributed by atoms with Crippen molar-refractivity contribution in [1.82, 2.24) is 15.1 Å². The van der Waals surface area contributed by atoms with Crippen LogP contribution < -0.4 is 16.4 Å². The zero-order valence-corrected chi connectivity index (χ0v) is 11.9. The molecule has 1 heterocycles. The predicted octanol–water partition coefficient (Wildman–Crippen LogP) is -0.352. The molecule has 1 aromatic rings. The Labute approximate surface area is 116 Å². The van der Waals surface area contributed by atoms with Crippen molar-refractivity contribution < 1.29 is 9.59 Å². The van der Waals surface area contributed by atoms with Gasteiger partial charge in [0.2, 0.25) is 11.8 Å². The molecular formula is C11H19N5O2S. The molecule has 0 fully saturated rings. The van der Waals surface area contributed by atoms with Gasteiger partial charge >= 0.3 is 0 Å². The van der Waals surface area contributed by atoms with E-state index in [0.717, 1.165) is 5.75 Å². The number of carbonyl (C=O) groups is 2. The number of nitrogens with two attached hydrogens (primary N) is 1. The van der Waals surface area contributed by atoms with E-state index in [9.17, 15) is 9.59 Å². The minimum absolute atomic E-state index is 0.116. The summed E-state index contributed by atoms with van der Waals surface area (Å²) in [7, 11) is 1.55. The fourth-order valence-corrected chi connectivity index (χ4v) is 1.84. The molecule has 19 heavy (non-hydrogen) atoms. The van der Waals surface area contributed by atoms with Crippen LogP contribution in [0.5, 0.6) is 0 Å². The van der Waals surface area contributed by atoms with E-state index in [1.54, 1.807) is 25.0 Å². The van der Waals surface area contributed by atoms with Gasteiger partial charge in [-0.3, -0.25) is 14.3 Å². The first-order valence-electron chi connectivity index (χ1n) is 5.85. The van der Waals surface area contributed by atoms with Gasteiger partial charge in [0.1, 0.15) is 6.54 Å². The first-order chi connectivity index (χ1) is 9.06. The van der Waals surface area contributed by atoms with Gasteiger partial charge in [-0.1, -0.05) is 0 Å². The van der Waals surface area contributed by atoms with Crippen LogP contribution in [0.3, 0.4) is 0 Å². The summed E-state index contributed by atoms with van der Waals surface area (Å²) in [5, 5.41) is 9.14. The van der Waals surface area contributed by atoms with Crippen molar-refractivity contribution in [3.63, 3.8) is 0 Å². The minimum atomic E-state index is -0.533. The monoisotopic (exact) mass is 285 g/mol. The molecule has 0 spiro atoms. The lowest BCUT2D eigenvalue weighted by Gasteiger charge is -2.09. The number of hydrogen-bond donors (Lipinski definition) is 3. The summed E-state index contributed by atoms with van der Waals surface area (Å²) >= 11 is 1.65. The molecule has 1 aromatic heterocycles. The van der Waals surface area contributed by atoms with Gasteiger partial charge in [-0.2, -0.15) is 16.9 Å². The quantitative estimate of drug-likeness (QED) is 0.635. The second-order valence-electron chi connectivity index (χ2n) is 3.98. The van der Waals surface area contributed by atoms with E-state index >= 15 is 0 Å². The van der Waals surface area contributed by atoms with E-state index in [4.69, 9.17) is 5.73 Å². The standard InChI is InChI=1S/C11H19N5O2S/c1-13-10(17)7-16-6-8(5-14-16)15-11(18)9(12)3-4-19-2/h5-6,9H,3-4,7,12H2,1-2H3,(H,13,17)(H,15,18)/t9-/m0/s1. The summed E-state index contributed by atoms with van der Waals surface area (Å²) in [5.74, 6) is 0.441. The number of nitrogens with one attached hydrogen (secondary N) is 2. The predicted molar refractivity (Wildman–Crippen MR) is 75.9 cm³/mol. The highest BCUT2D eigenvalue weighted by atomic mass is 32.2. The molecule has 0 saturated heterocycles. The van der Waals surface area contributed by atoms with E-state index < -0.39 is 6.04 Å². The summed E-state index contributed by atoms with van der Waals surface area (Å²) in [6, 6.07) is -0.533. The van der Waals surface area contributed by atoms with Gasteiger partial charge in [0.25, 0.3) is 0 Å². The number of nitrogens with zero attached hydrogens (tertiary/aromatic N) is 2. The molecule has 106 valence electrons. The number of thioether (sulfide) groups is 1. The van der Waals surface area contributed by atoms with Crippen molar-refractivity contribution in [3.05, 3.63) is 12.4 Å². The molecule has 0 radical (unpaired) electrons. The van der Waals surface area contributed by atoms with Crippen LogP contribution in [0.1, 0.15) is 6.42 Å².